The molecule has 1 heterocycles. The van der Waals surface area contributed by atoms with Gasteiger partial charge in [0.1, 0.15) is 12.1 Å². The quantitative estimate of drug-likeness (QED) is 0.876. The van der Waals surface area contributed by atoms with Crippen LogP contribution in [0.2, 0.25) is 0 Å². The Morgan fingerprint density at radius 2 is 1.83 bits per heavy atom. The molecular formula is C13H15N3O2. The zero-order valence-electron chi connectivity index (χ0n) is 10.2. The predicted octanol–water partition coefficient (Wildman–Crippen LogP) is 2.64. The van der Waals surface area contributed by atoms with Gasteiger partial charge in [0.25, 0.3) is 0 Å². The minimum absolute atomic E-state index is 0.308. The van der Waals surface area contributed by atoms with E-state index in [0.29, 0.717) is 29.8 Å². The number of para-hydroxylation sites is 1. The Bertz CT molecular complexity index is 503. The molecule has 0 radical (unpaired) electrons. The van der Waals surface area contributed by atoms with Gasteiger partial charge in [0.05, 0.1) is 6.61 Å². The molecule has 2 N–H and O–H groups in total. The molecule has 0 amide bonds. The Morgan fingerprint density at radius 3 is 2.56 bits per heavy atom. The summed E-state index contributed by atoms with van der Waals surface area (Å²) in [4.78, 5) is 7.98. The van der Waals surface area contributed by atoms with Crippen molar-refractivity contribution in [3.63, 3.8) is 0 Å². The van der Waals surface area contributed by atoms with Crippen LogP contribution in [0.15, 0.2) is 36.7 Å². The minimum atomic E-state index is 0.308. The number of hydrogen-bond donors (Lipinski definition) is 1. The third-order valence-corrected chi connectivity index (χ3v) is 2.21. The summed E-state index contributed by atoms with van der Waals surface area (Å²) < 4.78 is 11.0. The van der Waals surface area contributed by atoms with Gasteiger partial charge in [0.2, 0.25) is 11.8 Å². The van der Waals surface area contributed by atoms with Crippen molar-refractivity contribution in [1.29, 1.82) is 0 Å². The van der Waals surface area contributed by atoms with Gasteiger partial charge in [-0.05, 0) is 18.6 Å². The first-order chi connectivity index (χ1) is 8.81. The lowest BCUT2D eigenvalue weighted by Gasteiger charge is -2.10. The molecule has 0 fully saturated rings. The van der Waals surface area contributed by atoms with E-state index in [1.165, 1.54) is 6.33 Å². The van der Waals surface area contributed by atoms with Gasteiger partial charge in [-0.3, -0.25) is 0 Å². The maximum absolute atomic E-state index is 5.90. The number of anilines is 1. The average molecular weight is 245 g/mol. The molecule has 2 aromatic rings. The molecule has 1 aromatic carbocycles. The number of nitrogens with zero attached hydrogens (tertiary/aromatic N) is 2. The highest BCUT2D eigenvalue weighted by Crippen LogP contribution is 2.30. The normalized spacial score (nSPS) is 10.1. The summed E-state index contributed by atoms with van der Waals surface area (Å²) in [5, 5.41) is 0. The van der Waals surface area contributed by atoms with Gasteiger partial charge in [0, 0.05) is 0 Å². The first kappa shape index (κ1) is 12.2. The molecule has 1 aromatic heterocycles. The van der Waals surface area contributed by atoms with Crippen LogP contribution in [-0.4, -0.2) is 16.6 Å². The van der Waals surface area contributed by atoms with Gasteiger partial charge in [-0.2, -0.15) is 9.97 Å². The Labute approximate surface area is 106 Å². The van der Waals surface area contributed by atoms with E-state index in [1.54, 1.807) is 0 Å². The van der Waals surface area contributed by atoms with Crippen molar-refractivity contribution in [1.82, 2.24) is 9.97 Å². The molecule has 5 nitrogen and oxygen atoms in total. The van der Waals surface area contributed by atoms with Crippen LogP contribution in [0, 0.1) is 0 Å². The van der Waals surface area contributed by atoms with Gasteiger partial charge in [-0.1, -0.05) is 25.1 Å². The Kier molecular flexibility index (Phi) is 3.96. The summed E-state index contributed by atoms with van der Waals surface area (Å²) in [5.41, 5.74) is 6.21. The van der Waals surface area contributed by atoms with Gasteiger partial charge < -0.3 is 15.2 Å². The molecule has 0 atom stereocenters. The fraction of sp³-hybridized carbons (Fsp3) is 0.231. The monoisotopic (exact) mass is 245 g/mol. The number of nitrogens with two attached hydrogens (primary N) is 1. The molecule has 0 aliphatic rings. The Hall–Kier alpha value is -2.30. The largest absolute Gasteiger partial charge is 0.476 e. The van der Waals surface area contributed by atoms with E-state index in [9.17, 15) is 0 Å². The van der Waals surface area contributed by atoms with Gasteiger partial charge in [-0.15, -0.1) is 0 Å². The number of nitrogen functional groups attached to an aromatic ring is 1. The molecule has 0 aliphatic heterocycles. The summed E-state index contributed by atoms with van der Waals surface area (Å²) in [7, 11) is 0. The average Bonchev–Trinajstić information content (AvgIpc) is 2.41. The minimum Gasteiger partial charge on any atom is -0.476 e. The van der Waals surface area contributed by atoms with Gasteiger partial charge >= 0.3 is 0 Å². The molecule has 0 spiro atoms. The van der Waals surface area contributed by atoms with E-state index in [2.05, 4.69) is 9.97 Å². The molecule has 0 saturated heterocycles. The number of ether oxygens (including phenoxy) is 2. The Balaban J connectivity index is 2.18. The van der Waals surface area contributed by atoms with Crippen LogP contribution in [0.3, 0.4) is 0 Å². The number of aromatic nitrogens is 2. The highest BCUT2D eigenvalue weighted by molar-refractivity contribution is 5.56. The molecule has 0 saturated carbocycles. The molecule has 0 aliphatic carbocycles. The first-order valence-electron chi connectivity index (χ1n) is 5.77. The molecule has 94 valence electrons. The summed E-state index contributed by atoms with van der Waals surface area (Å²) in [6, 6.07) is 9.32. The number of rotatable bonds is 5. The lowest BCUT2D eigenvalue weighted by Crippen LogP contribution is -2.04. The van der Waals surface area contributed by atoms with E-state index in [4.69, 9.17) is 15.2 Å². The van der Waals surface area contributed by atoms with Crippen LogP contribution in [0.1, 0.15) is 13.3 Å². The molecule has 0 unspecified atom stereocenters. The van der Waals surface area contributed by atoms with E-state index < -0.39 is 0 Å². The van der Waals surface area contributed by atoms with Crippen molar-refractivity contribution < 1.29 is 9.47 Å². The van der Waals surface area contributed by atoms with Crippen molar-refractivity contribution in [2.24, 2.45) is 0 Å². The second kappa shape index (κ2) is 5.86. The maximum atomic E-state index is 5.90. The fourth-order valence-electron chi connectivity index (χ4n) is 1.36. The maximum Gasteiger partial charge on any atom is 0.249 e. The van der Waals surface area contributed by atoms with Crippen LogP contribution in [0.5, 0.6) is 17.5 Å². The van der Waals surface area contributed by atoms with Crippen molar-refractivity contribution in [2.75, 3.05) is 12.3 Å². The van der Waals surface area contributed by atoms with Crippen molar-refractivity contribution in [3.8, 4) is 17.5 Å². The van der Waals surface area contributed by atoms with Gasteiger partial charge in [0.15, 0.2) is 5.69 Å². The zero-order chi connectivity index (χ0) is 12.8. The summed E-state index contributed by atoms with van der Waals surface area (Å²) in [5.74, 6) is 1.34. The SMILES string of the molecule is CCCOc1ncnc(Oc2ccccc2)c1N. The smallest absolute Gasteiger partial charge is 0.249 e. The molecule has 5 heteroatoms. The summed E-state index contributed by atoms with van der Waals surface area (Å²) in [6.45, 7) is 2.57. The lowest BCUT2D eigenvalue weighted by molar-refractivity contribution is 0.304. The topological polar surface area (TPSA) is 70.3 Å². The third kappa shape index (κ3) is 2.88. The highest BCUT2D eigenvalue weighted by atomic mass is 16.5. The lowest BCUT2D eigenvalue weighted by atomic mass is 10.3. The van der Waals surface area contributed by atoms with Crippen LogP contribution in [0.25, 0.3) is 0 Å². The second-order valence-electron chi connectivity index (χ2n) is 3.66. The fourth-order valence-corrected chi connectivity index (χ4v) is 1.36. The molecule has 18 heavy (non-hydrogen) atoms. The molecular weight excluding hydrogens is 230 g/mol. The second-order valence-corrected chi connectivity index (χ2v) is 3.66. The zero-order valence-corrected chi connectivity index (χ0v) is 10.2. The Morgan fingerprint density at radius 1 is 1.11 bits per heavy atom. The van der Waals surface area contributed by atoms with E-state index in [0.717, 1.165) is 6.42 Å². The van der Waals surface area contributed by atoms with Crippen molar-refractivity contribution in [3.05, 3.63) is 36.7 Å². The molecule has 2 rings (SSSR count). The first-order valence-corrected chi connectivity index (χ1v) is 5.77. The standard InChI is InChI=1S/C13H15N3O2/c1-2-8-17-12-11(14)13(16-9-15-12)18-10-6-4-3-5-7-10/h3-7,9H,2,8,14H2,1H3. The molecule has 0 bridgehead atoms. The summed E-state index contributed by atoms with van der Waals surface area (Å²) in [6.07, 6.45) is 2.26. The van der Waals surface area contributed by atoms with E-state index in [1.807, 2.05) is 37.3 Å². The predicted molar refractivity (Wildman–Crippen MR) is 68.7 cm³/mol. The van der Waals surface area contributed by atoms with E-state index in [-0.39, 0.29) is 0 Å². The third-order valence-electron chi connectivity index (χ3n) is 2.21. The summed E-state index contributed by atoms with van der Waals surface area (Å²) >= 11 is 0. The van der Waals surface area contributed by atoms with Crippen LogP contribution in [0.4, 0.5) is 5.69 Å². The highest BCUT2D eigenvalue weighted by Gasteiger charge is 2.10. The van der Waals surface area contributed by atoms with Gasteiger partial charge in [-0.25, -0.2) is 0 Å². The van der Waals surface area contributed by atoms with Crippen molar-refractivity contribution in [2.45, 2.75) is 13.3 Å². The van der Waals surface area contributed by atoms with Crippen molar-refractivity contribution >= 4 is 5.69 Å². The number of benzene rings is 1. The van der Waals surface area contributed by atoms with Crippen LogP contribution >= 0.6 is 0 Å². The van der Waals surface area contributed by atoms with Crippen LogP contribution in [-0.2, 0) is 0 Å². The van der Waals surface area contributed by atoms with Crippen LogP contribution < -0.4 is 15.2 Å². The number of hydrogen-bond acceptors (Lipinski definition) is 5. The van der Waals surface area contributed by atoms with E-state index >= 15 is 0 Å².